The van der Waals surface area contributed by atoms with E-state index in [2.05, 4.69) is 29.4 Å². The number of benzene rings is 2. The number of nitrogens with zero attached hydrogens (tertiary/aromatic N) is 3. The van der Waals surface area contributed by atoms with Crippen LogP contribution in [0.3, 0.4) is 0 Å². The molecule has 0 spiro atoms. The minimum Gasteiger partial charge on any atom is -0.350 e. The molecule has 0 unspecified atom stereocenters. The minimum atomic E-state index is -0.223. The normalized spacial score (nSPS) is 11.1. The molecule has 2 aromatic heterocycles. The Labute approximate surface area is 181 Å². The SMILES string of the molecule is CCc1ccc(CNC(=O)Cn2cnc3c(c(C)c(C)n3-c3ccccc3)c2=O)cc1. The molecule has 0 radical (unpaired) electrons. The van der Waals surface area contributed by atoms with E-state index in [0.29, 0.717) is 17.6 Å². The van der Waals surface area contributed by atoms with E-state index in [1.54, 1.807) is 0 Å². The maximum atomic E-state index is 13.2. The lowest BCUT2D eigenvalue weighted by molar-refractivity contribution is -0.121. The van der Waals surface area contributed by atoms with Gasteiger partial charge in [0, 0.05) is 17.9 Å². The predicted octanol–water partition coefficient (Wildman–Crippen LogP) is 3.68. The molecule has 0 saturated carbocycles. The van der Waals surface area contributed by atoms with Crippen molar-refractivity contribution in [3.05, 3.63) is 93.7 Å². The van der Waals surface area contributed by atoms with Gasteiger partial charge < -0.3 is 5.32 Å². The van der Waals surface area contributed by atoms with Crippen LogP contribution < -0.4 is 10.9 Å². The predicted molar refractivity (Wildman–Crippen MR) is 122 cm³/mol. The zero-order chi connectivity index (χ0) is 22.0. The molecule has 1 N–H and O–H groups in total. The number of rotatable bonds is 6. The molecule has 2 heterocycles. The van der Waals surface area contributed by atoms with Gasteiger partial charge in [0.1, 0.15) is 12.9 Å². The summed E-state index contributed by atoms with van der Waals surface area (Å²) in [4.78, 5) is 30.2. The van der Waals surface area contributed by atoms with Crippen molar-refractivity contribution in [3.8, 4) is 5.69 Å². The molecule has 0 atom stereocenters. The molecule has 0 aliphatic carbocycles. The third-order valence-corrected chi connectivity index (χ3v) is 5.73. The van der Waals surface area contributed by atoms with Crippen molar-refractivity contribution in [3.63, 3.8) is 0 Å². The Hall–Kier alpha value is -3.67. The lowest BCUT2D eigenvalue weighted by Crippen LogP contribution is -2.32. The number of fused-ring (bicyclic) bond motifs is 1. The smallest absolute Gasteiger partial charge is 0.263 e. The van der Waals surface area contributed by atoms with Crippen LogP contribution in [-0.2, 0) is 24.3 Å². The third-order valence-electron chi connectivity index (χ3n) is 5.73. The number of carbonyl (C=O) groups is 1. The largest absolute Gasteiger partial charge is 0.350 e. The fourth-order valence-corrected chi connectivity index (χ4v) is 3.80. The van der Waals surface area contributed by atoms with E-state index < -0.39 is 0 Å². The fraction of sp³-hybridized carbons (Fsp3) is 0.240. The van der Waals surface area contributed by atoms with Gasteiger partial charge in [0.25, 0.3) is 5.56 Å². The van der Waals surface area contributed by atoms with Crippen molar-refractivity contribution in [2.75, 3.05) is 0 Å². The number of amides is 1. The highest BCUT2D eigenvalue weighted by molar-refractivity contribution is 5.83. The lowest BCUT2D eigenvalue weighted by Gasteiger charge is -2.09. The number of nitrogens with one attached hydrogen (secondary N) is 1. The Morgan fingerprint density at radius 2 is 1.68 bits per heavy atom. The first-order valence-electron chi connectivity index (χ1n) is 10.5. The van der Waals surface area contributed by atoms with Gasteiger partial charge in [-0.3, -0.25) is 18.7 Å². The lowest BCUT2D eigenvalue weighted by atomic mass is 10.1. The van der Waals surface area contributed by atoms with E-state index in [1.807, 2.05) is 60.9 Å². The molecule has 0 bridgehead atoms. The molecule has 1 amide bonds. The second-order valence-corrected chi connectivity index (χ2v) is 7.70. The number of carbonyl (C=O) groups excluding carboxylic acids is 1. The summed E-state index contributed by atoms with van der Waals surface area (Å²) in [5, 5.41) is 3.43. The van der Waals surface area contributed by atoms with Crippen LogP contribution in [0.5, 0.6) is 0 Å². The van der Waals surface area contributed by atoms with E-state index in [4.69, 9.17) is 0 Å². The zero-order valence-electron chi connectivity index (χ0n) is 18.1. The summed E-state index contributed by atoms with van der Waals surface area (Å²) in [6.07, 6.45) is 2.44. The molecule has 0 aliphatic rings. The first-order valence-corrected chi connectivity index (χ1v) is 10.5. The van der Waals surface area contributed by atoms with Crippen LogP contribution in [-0.4, -0.2) is 20.0 Å². The average Bonchev–Trinajstić information content (AvgIpc) is 3.05. The Bertz CT molecular complexity index is 1290. The van der Waals surface area contributed by atoms with Gasteiger partial charge in [-0.05, 0) is 49.1 Å². The topological polar surface area (TPSA) is 68.9 Å². The van der Waals surface area contributed by atoms with Crippen molar-refractivity contribution < 1.29 is 4.79 Å². The third kappa shape index (κ3) is 4.01. The number of hydrogen-bond acceptors (Lipinski definition) is 3. The summed E-state index contributed by atoms with van der Waals surface area (Å²) in [5.74, 6) is -0.223. The van der Waals surface area contributed by atoms with Crippen LogP contribution in [0.15, 0.2) is 65.7 Å². The second-order valence-electron chi connectivity index (χ2n) is 7.70. The van der Waals surface area contributed by atoms with Crippen LogP contribution in [0, 0.1) is 13.8 Å². The van der Waals surface area contributed by atoms with Crippen LogP contribution in [0.2, 0.25) is 0 Å². The van der Waals surface area contributed by atoms with Crippen LogP contribution in [0.1, 0.15) is 29.3 Å². The van der Waals surface area contributed by atoms with Gasteiger partial charge in [-0.1, -0.05) is 49.4 Å². The number of aromatic nitrogens is 3. The van der Waals surface area contributed by atoms with Crippen LogP contribution >= 0.6 is 0 Å². The van der Waals surface area contributed by atoms with Crippen LogP contribution in [0.4, 0.5) is 0 Å². The van der Waals surface area contributed by atoms with E-state index in [0.717, 1.165) is 28.9 Å². The van der Waals surface area contributed by atoms with Crippen molar-refractivity contribution in [1.82, 2.24) is 19.4 Å². The van der Waals surface area contributed by atoms with Gasteiger partial charge in [-0.2, -0.15) is 0 Å². The molecule has 2 aromatic carbocycles. The van der Waals surface area contributed by atoms with Crippen LogP contribution in [0.25, 0.3) is 16.7 Å². The van der Waals surface area contributed by atoms with Crippen molar-refractivity contribution in [2.45, 2.75) is 40.3 Å². The quantitative estimate of drug-likeness (QED) is 0.523. The number of para-hydroxylation sites is 1. The fourth-order valence-electron chi connectivity index (χ4n) is 3.80. The van der Waals surface area contributed by atoms with Crippen molar-refractivity contribution in [1.29, 1.82) is 0 Å². The summed E-state index contributed by atoms with van der Waals surface area (Å²) >= 11 is 0. The van der Waals surface area contributed by atoms with Gasteiger partial charge in [0.05, 0.1) is 5.39 Å². The highest BCUT2D eigenvalue weighted by Gasteiger charge is 2.18. The van der Waals surface area contributed by atoms with Gasteiger partial charge in [0.15, 0.2) is 5.65 Å². The summed E-state index contributed by atoms with van der Waals surface area (Å²) in [6, 6.07) is 18.0. The van der Waals surface area contributed by atoms with E-state index in [9.17, 15) is 9.59 Å². The molecule has 0 saturated heterocycles. The molecule has 6 heteroatoms. The van der Waals surface area contributed by atoms with Gasteiger partial charge in [0.2, 0.25) is 5.91 Å². The standard InChI is InChI=1S/C25H26N4O2/c1-4-19-10-12-20(13-11-19)14-26-22(30)15-28-16-27-24-23(25(28)31)17(2)18(3)29(24)21-8-6-5-7-9-21/h5-13,16H,4,14-15H2,1-3H3,(H,26,30). The van der Waals surface area contributed by atoms with E-state index >= 15 is 0 Å². The summed E-state index contributed by atoms with van der Waals surface area (Å²) < 4.78 is 3.36. The monoisotopic (exact) mass is 414 g/mol. The summed E-state index contributed by atoms with van der Waals surface area (Å²) in [7, 11) is 0. The highest BCUT2D eigenvalue weighted by Crippen LogP contribution is 2.24. The van der Waals surface area contributed by atoms with Crippen molar-refractivity contribution in [2.24, 2.45) is 0 Å². The Morgan fingerprint density at radius 1 is 1.00 bits per heavy atom. The average molecular weight is 415 g/mol. The molecule has 0 aliphatic heterocycles. The zero-order valence-corrected chi connectivity index (χ0v) is 18.1. The van der Waals surface area contributed by atoms with E-state index in [-0.39, 0.29) is 18.0 Å². The van der Waals surface area contributed by atoms with E-state index in [1.165, 1.54) is 16.5 Å². The molecule has 0 fully saturated rings. The molecule has 158 valence electrons. The summed E-state index contributed by atoms with van der Waals surface area (Å²) in [5.41, 5.74) is 5.48. The van der Waals surface area contributed by atoms with Gasteiger partial charge >= 0.3 is 0 Å². The molecule has 4 rings (SSSR count). The molecular formula is C25H26N4O2. The molecule has 31 heavy (non-hydrogen) atoms. The Kier molecular flexibility index (Phi) is 5.71. The minimum absolute atomic E-state index is 0.0657. The summed E-state index contributed by atoms with van der Waals surface area (Å²) in [6.45, 7) is 6.37. The molecular weight excluding hydrogens is 388 g/mol. The first kappa shape index (κ1) is 20.6. The Balaban J connectivity index is 1.57. The van der Waals surface area contributed by atoms with Gasteiger partial charge in [-0.15, -0.1) is 0 Å². The molecule has 4 aromatic rings. The highest BCUT2D eigenvalue weighted by atomic mass is 16.2. The maximum Gasteiger partial charge on any atom is 0.263 e. The maximum absolute atomic E-state index is 13.2. The number of hydrogen-bond donors (Lipinski definition) is 1. The van der Waals surface area contributed by atoms with Gasteiger partial charge in [-0.25, -0.2) is 4.98 Å². The first-order chi connectivity index (χ1) is 15.0. The molecule has 6 nitrogen and oxygen atoms in total. The number of aryl methyl sites for hydroxylation is 2. The Morgan fingerprint density at radius 3 is 2.35 bits per heavy atom. The second kappa shape index (κ2) is 8.60. The van der Waals surface area contributed by atoms with Crippen molar-refractivity contribution >= 4 is 16.9 Å².